The molecule has 0 aliphatic carbocycles. The van der Waals surface area contributed by atoms with Crippen LogP contribution in [0, 0.1) is 10.1 Å². The molecule has 0 unspecified atom stereocenters. The number of hydrogen-bond acceptors (Lipinski definition) is 7. The molecule has 0 bridgehead atoms. The molecular formula is C13H11N2O5S2-. The second kappa shape index (κ2) is 6.32. The Balaban J connectivity index is 2.50. The lowest BCUT2D eigenvalue weighted by molar-refractivity contribution is -0.398. The van der Waals surface area contributed by atoms with Crippen molar-refractivity contribution in [1.82, 2.24) is 4.90 Å². The number of thiocarbonyl (C=S) groups is 1. The van der Waals surface area contributed by atoms with Crippen LogP contribution in [0.5, 0.6) is 11.5 Å². The maximum atomic E-state index is 11.9. The lowest BCUT2D eigenvalue weighted by Gasteiger charge is -2.14. The highest BCUT2D eigenvalue weighted by Gasteiger charge is 2.28. The summed E-state index contributed by atoms with van der Waals surface area (Å²) < 4.78 is 5.53. The summed E-state index contributed by atoms with van der Waals surface area (Å²) >= 11 is 6.11. The number of likely N-dealkylation sites (N-methyl/N-ethyl adjacent to an activating group) is 1. The van der Waals surface area contributed by atoms with E-state index in [1.165, 1.54) is 17.0 Å². The van der Waals surface area contributed by atoms with Crippen LogP contribution in [-0.2, 0) is 4.79 Å². The average molecular weight is 339 g/mol. The first-order chi connectivity index (χ1) is 10.3. The summed E-state index contributed by atoms with van der Waals surface area (Å²) in [5.74, 6) is -1.19. The topological polar surface area (TPSA) is 95.7 Å². The van der Waals surface area contributed by atoms with Gasteiger partial charge in [-0.1, -0.05) is 24.0 Å². The van der Waals surface area contributed by atoms with E-state index in [4.69, 9.17) is 17.0 Å². The van der Waals surface area contributed by atoms with Gasteiger partial charge in [0.15, 0.2) is 0 Å². The molecule has 0 spiro atoms. The van der Waals surface area contributed by atoms with E-state index in [9.17, 15) is 20.0 Å². The molecule has 0 aromatic heterocycles. The number of carbonyl (C=O) groups excluding carboxylic acids is 1. The molecular weight excluding hydrogens is 328 g/mol. The molecule has 7 nitrogen and oxygen atoms in total. The van der Waals surface area contributed by atoms with Gasteiger partial charge >= 0.3 is 0 Å². The summed E-state index contributed by atoms with van der Waals surface area (Å²) in [5, 5.41) is 22.8. The number of ether oxygens (including phenoxy) is 1. The molecule has 0 N–H and O–H groups in total. The van der Waals surface area contributed by atoms with Gasteiger partial charge in [0, 0.05) is 18.9 Å². The zero-order valence-electron chi connectivity index (χ0n) is 11.7. The molecule has 1 aliphatic rings. The van der Waals surface area contributed by atoms with Crippen LogP contribution in [0.3, 0.4) is 0 Å². The molecule has 1 fully saturated rings. The minimum atomic E-state index is -0.785. The van der Waals surface area contributed by atoms with Crippen LogP contribution in [-0.4, -0.2) is 33.7 Å². The van der Waals surface area contributed by atoms with Crippen LogP contribution in [0.1, 0.15) is 12.5 Å². The van der Waals surface area contributed by atoms with Gasteiger partial charge in [0.25, 0.3) is 11.6 Å². The third-order valence-corrected chi connectivity index (χ3v) is 4.32. The van der Waals surface area contributed by atoms with E-state index < -0.39 is 16.4 Å². The Labute approximate surface area is 135 Å². The zero-order valence-corrected chi connectivity index (χ0v) is 13.3. The molecule has 1 aromatic carbocycles. The Morgan fingerprint density at radius 2 is 2.18 bits per heavy atom. The van der Waals surface area contributed by atoms with Crippen molar-refractivity contribution in [2.24, 2.45) is 0 Å². The van der Waals surface area contributed by atoms with Crippen LogP contribution in [0.25, 0.3) is 6.08 Å². The standard InChI is InChI=1S/C13H12N2O5S2/c1-3-20-9-5-7(4-8(11(9)16)15(18)19)6-10-12(17)14(2)13(21)22-10/h4-6,16H,3H2,1-2H3/p-1/b10-6-. The Morgan fingerprint density at radius 1 is 1.50 bits per heavy atom. The SMILES string of the molecule is CCOc1cc(/C=C2\SC(=S)N(C)C2=O)cc([N+](=O)[O-])c1[O-]. The zero-order chi connectivity index (χ0) is 16.4. The van der Waals surface area contributed by atoms with Crippen LogP contribution < -0.4 is 9.84 Å². The molecule has 0 saturated carbocycles. The number of nitro groups is 1. The van der Waals surface area contributed by atoms with Gasteiger partial charge in [-0.05, 0) is 24.6 Å². The van der Waals surface area contributed by atoms with Gasteiger partial charge in [0.05, 0.1) is 16.4 Å². The van der Waals surface area contributed by atoms with Gasteiger partial charge < -0.3 is 9.84 Å². The summed E-state index contributed by atoms with van der Waals surface area (Å²) in [6.07, 6.45) is 1.46. The van der Waals surface area contributed by atoms with Crippen LogP contribution >= 0.6 is 24.0 Å². The largest absolute Gasteiger partial charge is 0.865 e. The number of benzene rings is 1. The van der Waals surface area contributed by atoms with E-state index in [0.717, 1.165) is 17.8 Å². The van der Waals surface area contributed by atoms with Crippen molar-refractivity contribution in [2.45, 2.75) is 6.92 Å². The van der Waals surface area contributed by atoms with Crippen molar-refractivity contribution in [1.29, 1.82) is 0 Å². The molecule has 1 aromatic rings. The Kier molecular flexibility index (Phi) is 4.67. The smallest absolute Gasteiger partial charge is 0.266 e. The van der Waals surface area contributed by atoms with E-state index >= 15 is 0 Å². The first-order valence-electron chi connectivity index (χ1n) is 6.19. The lowest BCUT2D eigenvalue weighted by atomic mass is 10.1. The van der Waals surface area contributed by atoms with Gasteiger partial charge in [-0.3, -0.25) is 19.8 Å². The van der Waals surface area contributed by atoms with Gasteiger partial charge in [-0.2, -0.15) is 0 Å². The molecule has 1 aliphatic heterocycles. The first-order valence-corrected chi connectivity index (χ1v) is 7.41. The average Bonchev–Trinajstić information content (AvgIpc) is 2.69. The molecule has 22 heavy (non-hydrogen) atoms. The number of hydrogen-bond donors (Lipinski definition) is 0. The predicted octanol–water partition coefficient (Wildman–Crippen LogP) is 1.90. The Bertz CT molecular complexity index is 702. The molecule has 0 atom stereocenters. The third-order valence-electron chi connectivity index (χ3n) is 2.84. The van der Waals surface area contributed by atoms with Crippen molar-refractivity contribution in [3.8, 4) is 11.5 Å². The highest BCUT2D eigenvalue weighted by Crippen LogP contribution is 2.37. The lowest BCUT2D eigenvalue weighted by Crippen LogP contribution is -2.22. The van der Waals surface area contributed by atoms with E-state index in [2.05, 4.69) is 0 Å². The minimum Gasteiger partial charge on any atom is -0.865 e. The summed E-state index contributed by atoms with van der Waals surface area (Å²) in [7, 11) is 1.55. The van der Waals surface area contributed by atoms with Crippen molar-refractivity contribution in [3.63, 3.8) is 0 Å². The number of rotatable bonds is 4. The molecule has 9 heteroatoms. The van der Waals surface area contributed by atoms with Crippen LogP contribution in [0.15, 0.2) is 17.0 Å². The fourth-order valence-corrected chi connectivity index (χ4v) is 2.97. The summed E-state index contributed by atoms with van der Waals surface area (Å²) in [5.41, 5.74) is -0.257. The molecule has 1 saturated heterocycles. The fraction of sp³-hybridized carbons (Fsp3) is 0.231. The third kappa shape index (κ3) is 3.04. The van der Waals surface area contributed by atoms with Gasteiger partial charge in [0.2, 0.25) is 0 Å². The van der Waals surface area contributed by atoms with Crippen molar-refractivity contribution in [3.05, 3.63) is 32.7 Å². The van der Waals surface area contributed by atoms with E-state index in [1.807, 2.05) is 0 Å². The number of carbonyl (C=O) groups is 1. The normalized spacial score (nSPS) is 16.5. The van der Waals surface area contributed by atoms with Crippen molar-refractivity contribution >= 4 is 46.0 Å². The number of nitro benzene ring substituents is 1. The summed E-state index contributed by atoms with van der Waals surface area (Å²) in [6, 6.07) is 2.49. The summed E-state index contributed by atoms with van der Waals surface area (Å²) in [4.78, 5) is 23.8. The van der Waals surface area contributed by atoms with Gasteiger partial charge in [0.1, 0.15) is 10.1 Å². The molecule has 116 valence electrons. The Morgan fingerprint density at radius 3 is 2.68 bits per heavy atom. The fourth-order valence-electron chi connectivity index (χ4n) is 1.79. The highest BCUT2D eigenvalue weighted by molar-refractivity contribution is 8.26. The second-order valence-electron chi connectivity index (χ2n) is 4.30. The quantitative estimate of drug-likeness (QED) is 0.358. The monoisotopic (exact) mass is 339 g/mol. The first kappa shape index (κ1) is 16.2. The highest BCUT2D eigenvalue weighted by atomic mass is 32.2. The number of amides is 1. The molecule has 2 rings (SSSR count). The van der Waals surface area contributed by atoms with Crippen LogP contribution in [0.2, 0.25) is 0 Å². The van der Waals surface area contributed by atoms with Crippen molar-refractivity contribution < 1.29 is 19.6 Å². The molecule has 0 radical (unpaired) electrons. The molecule has 1 heterocycles. The Hall–Kier alpha value is -2.13. The second-order valence-corrected chi connectivity index (χ2v) is 5.97. The maximum Gasteiger partial charge on any atom is 0.266 e. The van der Waals surface area contributed by atoms with Crippen molar-refractivity contribution in [2.75, 3.05) is 13.7 Å². The van der Waals surface area contributed by atoms with Crippen LogP contribution in [0.4, 0.5) is 5.69 Å². The van der Waals surface area contributed by atoms with Gasteiger partial charge in [-0.25, -0.2) is 0 Å². The van der Waals surface area contributed by atoms with E-state index in [-0.39, 0.29) is 18.3 Å². The van der Waals surface area contributed by atoms with E-state index in [1.54, 1.807) is 14.0 Å². The number of nitrogens with zero attached hydrogens (tertiary/aromatic N) is 2. The molecule has 1 amide bonds. The summed E-state index contributed by atoms with van der Waals surface area (Å²) in [6.45, 7) is 1.87. The minimum absolute atomic E-state index is 0.116. The van der Waals surface area contributed by atoms with E-state index in [0.29, 0.717) is 14.8 Å². The van der Waals surface area contributed by atoms with Gasteiger partial charge in [-0.15, -0.1) is 0 Å². The number of thioether (sulfide) groups is 1. The predicted molar refractivity (Wildman–Crippen MR) is 84.6 cm³/mol. The maximum absolute atomic E-state index is 11.9.